The Morgan fingerprint density at radius 2 is 0.851 bits per heavy atom. The van der Waals surface area contributed by atoms with Gasteiger partial charge < -0.3 is 14.4 Å². The first kappa shape index (κ1) is 25.2. The molecule has 47 heavy (non-hydrogen) atoms. The van der Waals surface area contributed by atoms with Gasteiger partial charge in [0.2, 0.25) is 0 Å². The third kappa shape index (κ3) is 3.12. The molecule has 0 aromatic heterocycles. The van der Waals surface area contributed by atoms with E-state index in [1.165, 1.54) is 44.3 Å². The van der Waals surface area contributed by atoms with Gasteiger partial charge in [-0.1, -0.05) is 121 Å². The number of benzene rings is 7. The zero-order valence-corrected chi connectivity index (χ0v) is 25.4. The van der Waals surface area contributed by atoms with Gasteiger partial charge in [-0.05, 0) is 68.6 Å². The maximum atomic E-state index is 6.73. The van der Waals surface area contributed by atoms with Crippen LogP contribution in [0.5, 0.6) is 23.0 Å². The van der Waals surface area contributed by atoms with Gasteiger partial charge in [0.25, 0.3) is 6.71 Å². The molecule has 11 rings (SSSR count). The van der Waals surface area contributed by atoms with Crippen LogP contribution in [0, 0.1) is 0 Å². The number of nitrogens with zero attached hydrogens (tertiary/aromatic N) is 1. The molecule has 3 aliphatic heterocycles. The van der Waals surface area contributed by atoms with E-state index in [-0.39, 0.29) is 6.71 Å². The van der Waals surface area contributed by atoms with Crippen LogP contribution < -0.4 is 30.8 Å². The first-order chi connectivity index (χ1) is 23.3. The van der Waals surface area contributed by atoms with Crippen molar-refractivity contribution in [3.63, 3.8) is 0 Å². The fraction of sp³-hybridized carbons (Fsp3) is 0.0233. The van der Waals surface area contributed by atoms with Crippen LogP contribution in [-0.2, 0) is 5.41 Å². The van der Waals surface area contributed by atoms with Crippen molar-refractivity contribution in [1.29, 1.82) is 0 Å². The summed E-state index contributed by atoms with van der Waals surface area (Å²) in [5.74, 6) is 3.45. The first-order valence-electron chi connectivity index (χ1n) is 16.2. The summed E-state index contributed by atoms with van der Waals surface area (Å²) in [5, 5.41) is 0. The minimum atomic E-state index is -0.449. The fourth-order valence-electron chi connectivity index (χ4n) is 8.85. The summed E-state index contributed by atoms with van der Waals surface area (Å²) in [4.78, 5) is 2.40. The van der Waals surface area contributed by atoms with E-state index in [1.807, 2.05) is 12.1 Å². The molecule has 4 heteroatoms. The molecule has 7 aromatic rings. The second-order valence-electron chi connectivity index (χ2n) is 12.8. The molecule has 1 aliphatic carbocycles. The zero-order chi connectivity index (χ0) is 30.7. The summed E-state index contributed by atoms with van der Waals surface area (Å²) in [6.07, 6.45) is 0. The van der Waals surface area contributed by atoms with E-state index in [9.17, 15) is 0 Å². The highest BCUT2D eigenvalue weighted by Crippen LogP contribution is 2.63. The van der Waals surface area contributed by atoms with E-state index < -0.39 is 5.41 Å². The number of hydrogen-bond acceptors (Lipinski definition) is 3. The Bertz CT molecular complexity index is 2300. The van der Waals surface area contributed by atoms with Gasteiger partial charge in [-0.2, -0.15) is 0 Å². The van der Waals surface area contributed by atoms with Crippen molar-refractivity contribution in [1.82, 2.24) is 0 Å². The molecule has 0 N–H and O–H groups in total. The quantitative estimate of drug-likeness (QED) is 0.177. The van der Waals surface area contributed by atoms with E-state index in [0.29, 0.717) is 0 Å². The minimum Gasteiger partial charge on any atom is -0.458 e. The molecule has 3 heterocycles. The highest BCUT2D eigenvalue weighted by molar-refractivity contribution is 6.98. The van der Waals surface area contributed by atoms with Gasteiger partial charge in [0.15, 0.2) is 0 Å². The molecule has 0 amide bonds. The summed E-state index contributed by atoms with van der Waals surface area (Å²) in [6, 6.07) is 56.9. The van der Waals surface area contributed by atoms with Crippen LogP contribution >= 0.6 is 0 Å². The molecular weight excluding hydrogens is 573 g/mol. The van der Waals surface area contributed by atoms with Crippen LogP contribution in [0.1, 0.15) is 22.3 Å². The van der Waals surface area contributed by atoms with Gasteiger partial charge in [0.05, 0.1) is 22.5 Å². The van der Waals surface area contributed by atoms with Crippen LogP contribution in [0.3, 0.4) is 0 Å². The predicted octanol–water partition coefficient (Wildman–Crippen LogP) is 8.56. The van der Waals surface area contributed by atoms with Crippen molar-refractivity contribution in [2.75, 3.05) is 4.90 Å². The van der Waals surface area contributed by atoms with Crippen LogP contribution in [-0.4, -0.2) is 6.71 Å². The molecule has 0 unspecified atom stereocenters. The third-order valence-electron chi connectivity index (χ3n) is 10.6. The molecule has 1 spiro atoms. The number of fused-ring (bicyclic) bond motifs is 13. The molecule has 0 saturated carbocycles. The van der Waals surface area contributed by atoms with Crippen molar-refractivity contribution in [2.24, 2.45) is 0 Å². The molecule has 218 valence electrons. The number of ether oxygens (including phenoxy) is 2. The van der Waals surface area contributed by atoms with Crippen LogP contribution in [0.15, 0.2) is 158 Å². The molecule has 4 aliphatic rings. The Balaban J connectivity index is 1.19. The van der Waals surface area contributed by atoms with Crippen LogP contribution in [0.25, 0.3) is 11.1 Å². The van der Waals surface area contributed by atoms with Gasteiger partial charge in [-0.3, -0.25) is 0 Å². The lowest BCUT2D eigenvalue weighted by Crippen LogP contribution is -2.57. The normalized spacial score (nSPS) is 14.8. The number of hydrogen-bond donors (Lipinski definition) is 0. The Morgan fingerprint density at radius 1 is 0.426 bits per heavy atom. The molecular formula is C43H26BNO2. The van der Waals surface area contributed by atoms with E-state index in [1.54, 1.807) is 0 Å². The Hall–Kier alpha value is -6.00. The fourth-order valence-corrected chi connectivity index (χ4v) is 8.85. The Kier molecular flexibility index (Phi) is 4.86. The third-order valence-corrected chi connectivity index (χ3v) is 10.6. The van der Waals surface area contributed by atoms with Gasteiger partial charge >= 0.3 is 0 Å². The summed E-state index contributed by atoms with van der Waals surface area (Å²) in [5.41, 5.74) is 14.0. The van der Waals surface area contributed by atoms with Crippen LogP contribution in [0.4, 0.5) is 17.1 Å². The zero-order valence-electron chi connectivity index (χ0n) is 25.4. The number of rotatable bonds is 1. The molecule has 3 nitrogen and oxygen atoms in total. The van der Waals surface area contributed by atoms with E-state index >= 15 is 0 Å². The number of anilines is 3. The largest absolute Gasteiger partial charge is 0.458 e. The highest BCUT2D eigenvalue weighted by atomic mass is 16.5. The summed E-state index contributed by atoms with van der Waals surface area (Å²) in [6.45, 7) is 0.0413. The smallest absolute Gasteiger partial charge is 0.260 e. The second-order valence-corrected chi connectivity index (χ2v) is 12.8. The van der Waals surface area contributed by atoms with Gasteiger partial charge in [-0.15, -0.1) is 0 Å². The standard InChI is InChI=1S/C43H26BNO2/c1-3-15-30-28(13-1)29-14-2-4-16-31(29)43(30)32-17-5-9-21-36(32)45(37-22-10-6-18-33(37)43)27-25-40-42-41(26-27)47-39-24-12-8-20-35(39)44(42)34-19-7-11-23-38(34)46-40/h1-26H. The summed E-state index contributed by atoms with van der Waals surface area (Å²) >= 11 is 0. The maximum absolute atomic E-state index is 6.73. The lowest BCUT2D eigenvalue weighted by atomic mass is 9.35. The van der Waals surface area contributed by atoms with Crippen LogP contribution in [0.2, 0.25) is 0 Å². The monoisotopic (exact) mass is 599 g/mol. The Labute approximate surface area is 273 Å². The molecule has 0 radical (unpaired) electrons. The predicted molar refractivity (Wildman–Crippen MR) is 190 cm³/mol. The average Bonchev–Trinajstić information content (AvgIpc) is 3.42. The van der Waals surface area contributed by atoms with Crippen molar-refractivity contribution in [2.45, 2.75) is 5.41 Å². The van der Waals surface area contributed by atoms with Gasteiger partial charge in [0.1, 0.15) is 23.0 Å². The summed E-state index contributed by atoms with van der Waals surface area (Å²) < 4.78 is 13.5. The SMILES string of the molecule is c1ccc2c(c1)Oc1cc(N3c4ccccc4C4(c5ccccc5-c5ccccc54)c4ccccc43)cc3c1B2c1ccccc1O3. The van der Waals surface area contributed by atoms with Crippen molar-refractivity contribution < 1.29 is 9.47 Å². The lowest BCUT2D eigenvalue weighted by molar-refractivity contribution is 0.465. The van der Waals surface area contributed by atoms with Crippen molar-refractivity contribution >= 4 is 40.2 Å². The van der Waals surface area contributed by atoms with Gasteiger partial charge in [-0.25, -0.2) is 0 Å². The molecule has 0 saturated heterocycles. The second kappa shape index (κ2) is 9.05. The van der Waals surface area contributed by atoms with Gasteiger partial charge in [0, 0.05) is 17.6 Å². The number of para-hydroxylation sites is 4. The first-order valence-corrected chi connectivity index (χ1v) is 16.2. The molecule has 0 fully saturated rings. The maximum Gasteiger partial charge on any atom is 0.260 e. The minimum absolute atomic E-state index is 0.0413. The van der Waals surface area contributed by atoms with E-state index in [2.05, 4.69) is 150 Å². The van der Waals surface area contributed by atoms with Crippen molar-refractivity contribution in [3.05, 3.63) is 180 Å². The molecule has 0 atom stereocenters. The molecule has 7 aromatic carbocycles. The van der Waals surface area contributed by atoms with Crippen molar-refractivity contribution in [3.8, 4) is 34.1 Å². The van der Waals surface area contributed by atoms with E-state index in [4.69, 9.17) is 9.47 Å². The average molecular weight is 599 g/mol. The van der Waals surface area contributed by atoms with E-state index in [0.717, 1.165) is 45.5 Å². The topological polar surface area (TPSA) is 21.7 Å². The highest BCUT2D eigenvalue weighted by Gasteiger charge is 2.51. The summed E-state index contributed by atoms with van der Waals surface area (Å²) in [7, 11) is 0. The Morgan fingerprint density at radius 3 is 1.38 bits per heavy atom. The lowest BCUT2D eigenvalue weighted by Gasteiger charge is -2.45. The molecule has 0 bridgehead atoms.